The normalized spacial score (nSPS) is 20.3. The van der Waals surface area contributed by atoms with E-state index >= 15 is 0 Å². The fourth-order valence-electron chi connectivity index (χ4n) is 2.73. The van der Waals surface area contributed by atoms with Crippen molar-refractivity contribution < 1.29 is 4.74 Å². The molecule has 0 radical (unpaired) electrons. The van der Waals surface area contributed by atoms with Crippen molar-refractivity contribution in [3.63, 3.8) is 0 Å². The molecule has 130 valence electrons. The zero-order valence-corrected chi connectivity index (χ0v) is 14.1. The van der Waals surface area contributed by atoms with Crippen molar-refractivity contribution in [2.24, 2.45) is 20.7 Å². The Hall–Kier alpha value is -2.80. The molecule has 0 unspecified atom stereocenters. The molecule has 2 aliphatic rings. The quantitative estimate of drug-likeness (QED) is 0.851. The Morgan fingerprint density at radius 1 is 1.24 bits per heavy atom. The third-order valence-electron chi connectivity index (χ3n) is 3.93. The van der Waals surface area contributed by atoms with Crippen LogP contribution in [0.15, 0.2) is 51.8 Å². The van der Waals surface area contributed by atoms with Gasteiger partial charge in [-0.1, -0.05) is 0 Å². The lowest BCUT2D eigenvalue weighted by Crippen LogP contribution is -2.26. The third kappa shape index (κ3) is 4.60. The number of anilines is 1. The number of allylic oxidation sites excluding steroid dienone is 1. The molecule has 25 heavy (non-hydrogen) atoms. The van der Waals surface area contributed by atoms with Crippen molar-refractivity contribution in [3.05, 3.63) is 42.4 Å². The molecule has 0 spiro atoms. The smallest absolute Gasteiger partial charge is 0.128 e. The van der Waals surface area contributed by atoms with Gasteiger partial charge in [0.2, 0.25) is 0 Å². The lowest BCUT2D eigenvalue weighted by molar-refractivity contribution is 0.152. The Morgan fingerprint density at radius 2 is 2.16 bits per heavy atom. The van der Waals surface area contributed by atoms with E-state index < -0.39 is 0 Å². The van der Waals surface area contributed by atoms with Crippen LogP contribution >= 0.6 is 0 Å². The second kappa shape index (κ2) is 8.34. The SMILES string of the molecule is C=N/C=C\N=C1\C=C(c2ccc(N3CCCOCC3)nc2)N=C(N)C1. The molecule has 3 rings (SSSR count). The first-order chi connectivity index (χ1) is 12.3. The van der Waals surface area contributed by atoms with E-state index in [1.807, 2.05) is 24.4 Å². The lowest BCUT2D eigenvalue weighted by Gasteiger charge is -2.21. The van der Waals surface area contributed by atoms with Crippen LogP contribution in [0.3, 0.4) is 0 Å². The molecule has 1 aromatic rings. The molecule has 1 saturated heterocycles. The van der Waals surface area contributed by atoms with E-state index in [2.05, 4.69) is 31.6 Å². The van der Waals surface area contributed by atoms with E-state index in [1.54, 1.807) is 6.20 Å². The monoisotopic (exact) mass is 338 g/mol. The highest BCUT2D eigenvalue weighted by Crippen LogP contribution is 2.22. The van der Waals surface area contributed by atoms with Crippen molar-refractivity contribution in [1.29, 1.82) is 0 Å². The number of ether oxygens (including phenoxy) is 1. The predicted octanol–water partition coefficient (Wildman–Crippen LogP) is 2.02. The summed E-state index contributed by atoms with van der Waals surface area (Å²) in [6.45, 7) is 6.76. The molecule has 7 heteroatoms. The number of rotatable bonds is 4. The molecule has 0 amide bonds. The Kier molecular flexibility index (Phi) is 5.69. The highest BCUT2D eigenvalue weighted by Gasteiger charge is 2.14. The topological polar surface area (TPSA) is 88.5 Å². The summed E-state index contributed by atoms with van der Waals surface area (Å²) in [5, 5.41) is 0. The van der Waals surface area contributed by atoms with Gasteiger partial charge in [-0.05, 0) is 31.3 Å². The second-order valence-electron chi connectivity index (χ2n) is 5.77. The molecule has 0 saturated carbocycles. The van der Waals surface area contributed by atoms with Crippen molar-refractivity contribution in [2.75, 3.05) is 31.2 Å². The van der Waals surface area contributed by atoms with Crippen LogP contribution in [0.2, 0.25) is 0 Å². The zero-order valence-electron chi connectivity index (χ0n) is 14.1. The van der Waals surface area contributed by atoms with Gasteiger partial charge in [0, 0.05) is 50.3 Å². The van der Waals surface area contributed by atoms with Crippen LogP contribution in [0.4, 0.5) is 5.82 Å². The Bertz CT molecular complexity index is 724. The first-order valence-electron chi connectivity index (χ1n) is 8.27. The minimum Gasteiger partial charge on any atom is -0.387 e. The average molecular weight is 338 g/mol. The summed E-state index contributed by atoms with van der Waals surface area (Å²) in [4.78, 5) is 19.2. The minimum atomic E-state index is 0.518. The lowest BCUT2D eigenvalue weighted by atomic mass is 10.1. The Balaban J connectivity index is 1.79. The van der Waals surface area contributed by atoms with Crippen LogP contribution < -0.4 is 10.6 Å². The second-order valence-corrected chi connectivity index (χ2v) is 5.77. The number of amidine groups is 1. The number of aliphatic imine (C=N–C) groups is 3. The molecular weight excluding hydrogens is 316 g/mol. The average Bonchev–Trinajstić information content (AvgIpc) is 2.91. The summed E-state index contributed by atoms with van der Waals surface area (Å²) in [5.41, 5.74) is 8.45. The Morgan fingerprint density at radius 3 is 2.96 bits per heavy atom. The molecule has 2 aliphatic heterocycles. The number of pyridine rings is 1. The molecular formula is C18H22N6O. The van der Waals surface area contributed by atoms with Crippen LogP contribution in [0.5, 0.6) is 0 Å². The van der Waals surface area contributed by atoms with Gasteiger partial charge in [-0.15, -0.1) is 0 Å². The molecule has 3 heterocycles. The molecule has 1 fully saturated rings. The number of nitrogens with two attached hydrogens (primary N) is 1. The first kappa shape index (κ1) is 17.0. The highest BCUT2D eigenvalue weighted by atomic mass is 16.5. The molecule has 1 aromatic heterocycles. The van der Waals surface area contributed by atoms with Gasteiger partial charge in [0.15, 0.2) is 0 Å². The Labute approximate surface area is 147 Å². The van der Waals surface area contributed by atoms with E-state index in [9.17, 15) is 0 Å². The fraction of sp³-hybridized carbons (Fsp3) is 0.333. The van der Waals surface area contributed by atoms with Crippen molar-refractivity contribution >= 4 is 29.8 Å². The van der Waals surface area contributed by atoms with Gasteiger partial charge in [-0.3, -0.25) is 9.98 Å². The van der Waals surface area contributed by atoms with Crippen molar-refractivity contribution in [1.82, 2.24) is 4.98 Å². The summed E-state index contributed by atoms with van der Waals surface area (Å²) in [6, 6.07) is 4.03. The first-order valence-corrected chi connectivity index (χ1v) is 8.27. The summed E-state index contributed by atoms with van der Waals surface area (Å²) in [5.74, 6) is 1.49. The molecule has 0 atom stereocenters. The van der Waals surface area contributed by atoms with Gasteiger partial charge in [0.25, 0.3) is 0 Å². The fourth-order valence-corrected chi connectivity index (χ4v) is 2.73. The van der Waals surface area contributed by atoms with Gasteiger partial charge in [0.05, 0.1) is 18.0 Å². The standard InChI is InChI=1S/C18H22N6O/c1-20-5-6-21-15-11-16(23-17(19)12-15)14-3-4-18(22-13-14)24-7-2-9-25-10-8-24/h3-6,11,13H,1-2,7-10,12H2,(H2,19,23)/b6-5-,21-15-. The van der Waals surface area contributed by atoms with E-state index in [0.717, 1.165) is 55.5 Å². The van der Waals surface area contributed by atoms with Crippen LogP contribution in [0.1, 0.15) is 18.4 Å². The maximum Gasteiger partial charge on any atom is 0.128 e. The zero-order chi connectivity index (χ0) is 17.5. The van der Waals surface area contributed by atoms with Crippen molar-refractivity contribution in [3.8, 4) is 0 Å². The third-order valence-corrected chi connectivity index (χ3v) is 3.93. The van der Waals surface area contributed by atoms with E-state index in [0.29, 0.717) is 12.3 Å². The van der Waals surface area contributed by atoms with Gasteiger partial charge in [-0.25, -0.2) is 9.98 Å². The maximum atomic E-state index is 5.95. The predicted molar refractivity (Wildman–Crippen MR) is 102 cm³/mol. The van der Waals surface area contributed by atoms with Crippen molar-refractivity contribution in [2.45, 2.75) is 12.8 Å². The van der Waals surface area contributed by atoms with E-state index in [4.69, 9.17) is 10.5 Å². The molecule has 0 bridgehead atoms. The number of hydrogen-bond donors (Lipinski definition) is 1. The summed E-state index contributed by atoms with van der Waals surface area (Å²) >= 11 is 0. The van der Waals surface area contributed by atoms with Gasteiger partial charge in [0.1, 0.15) is 11.7 Å². The van der Waals surface area contributed by atoms with E-state index in [1.165, 1.54) is 6.20 Å². The number of aromatic nitrogens is 1. The highest BCUT2D eigenvalue weighted by molar-refractivity contribution is 6.15. The van der Waals surface area contributed by atoms with Crippen LogP contribution in [0, 0.1) is 0 Å². The molecule has 0 aliphatic carbocycles. The molecule has 2 N–H and O–H groups in total. The molecule has 7 nitrogen and oxygen atoms in total. The molecule has 0 aromatic carbocycles. The number of nitrogens with zero attached hydrogens (tertiary/aromatic N) is 5. The van der Waals surface area contributed by atoms with E-state index in [-0.39, 0.29) is 0 Å². The summed E-state index contributed by atoms with van der Waals surface area (Å²) in [7, 11) is 0. The minimum absolute atomic E-state index is 0.518. The van der Waals surface area contributed by atoms with Crippen LogP contribution in [-0.4, -0.2) is 49.6 Å². The number of hydrogen-bond acceptors (Lipinski definition) is 7. The summed E-state index contributed by atoms with van der Waals surface area (Å²) < 4.78 is 5.49. The van der Waals surface area contributed by atoms with Gasteiger partial charge in [-0.2, -0.15) is 0 Å². The largest absolute Gasteiger partial charge is 0.387 e. The van der Waals surface area contributed by atoms with Gasteiger partial charge >= 0.3 is 0 Å². The van der Waals surface area contributed by atoms with Gasteiger partial charge < -0.3 is 15.4 Å². The summed E-state index contributed by atoms with van der Waals surface area (Å²) in [6.07, 6.45) is 8.40. The van der Waals surface area contributed by atoms with Crippen LogP contribution in [0.25, 0.3) is 5.70 Å². The van der Waals surface area contributed by atoms with Crippen LogP contribution in [-0.2, 0) is 4.74 Å². The maximum absolute atomic E-state index is 5.95.